The molecule has 0 unspecified atom stereocenters. The Morgan fingerprint density at radius 1 is 1.06 bits per heavy atom. The van der Waals surface area contributed by atoms with Crippen molar-refractivity contribution in [1.82, 2.24) is 9.80 Å². The highest BCUT2D eigenvalue weighted by Crippen LogP contribution is 2.22. The smallest absolute Gasteiger partial charge is 0.322 e. The van der Waals surface area contributed by atoms with Gasteiger partial charge in [0, 0.05) is 48.5 Å². The van der Waals surface area contributed by atoms with Gasteiger partial charge in [-0.3, -0.25) is 9.59 Å². The SMILES string of the molecule is CCN(C)C(=O)c1ccc(NC(=O)[C@H]2C[C@@H](O)CN2C(=O)Nc2ccc(Cl)cc2)cc1. The van der Waals surface area contributed by atoms with Crippen LogP contribution in [0.1, 0.15) is 23.7 Å². The number of benzene rings is 2. The first-order valence-corrected chi connectivity index (χ1v) is 10.3. The summed E-state index contributed by atoms with van der Waals surface area (Å²) in [6, 6.07) is 11.8. The summed E-state index contributed by atoms with van der Waals surface area (Å²) >= 11 is 5.86. The van der Waals surface area contributed by atoms with Crippen LogP contribution < -0.4 is 10.6 Å². The van der Waals surface area contributed by atoms with E-state index in [1.54, 1.807) is 60.5 Å². The van der Waals surface area contributed by atoms with Gasteiger partial charge in [0.05, 0.1) is 6.10 Å². The number of amides is 4. The Labute approximate surface area is 185 Å². The van der Waals surface area contributed by atoms with Gasteiger partial charge in [-0.1, -0.05) is 11.6 Å². The zero-order valence-corrected chi connectivity index (χ0v) is 18.1. The molecule has 1 aliphatic heterocycles. The molecule has 4 amide bonds. The second kappa shape index (κ2) is 9.80. The Balaban J connectivity index is 1.66. The lowest BCUT2D eigenvalue weighted by atomic mass is 10.1. The topological polar surface area (TPSA) is 102 Å². The van der Waals surface area contributed by atoms with E-state index in [4.69, 9.17) is 11.6 Å². The number of rotatable bonds is 5. The first-order chi connectivity index (χ1) is 14.8. The number of carbonyl (C=O) groups excluding carboxylic acids is 3. The Morgan fingerprint density at radius 2 is 1.65 bits per heavy atom. The lowest BCUT2D eigenvalue weighted by Gasteiger charge is -2.24. The van der Waals surface area contributed by atoms with Crippen LogP contribution in [0.5, 0.6) is 0 Å². The molecule has 0 saturated carbocycles. The van der Waals surface area contributed by atoms with E-state index in [0.717, 1.165) is 0 Å². The minimum atomic E-state index is -0.824. The Morgan fingerprint density at radius 3 is 2.26 bits per heavy atom. The van der Waals surface area contributed by atoms with E-state index in [0.29, 0.717) is 28.5 Å². The molecule has 0 aromatic heterocycles. The van der Waals surface area contributed by atoms with Crippen LogP contribution in [0.15, 0.2) is 48.5 Å². The second-order valence-electron chi connectivity index (χ2n) is 7.38. The van der Waals surface area contributed by atoms with E-state index < -0.39 is 24.1 Å². The average molecular weight is 445 g/mol. The van der Waals surface area contributed by atoms with Gasteiger partial charge in [-0.15, -0.1) is 0 Å². The fourth-order valence-electron chi connectivity index (χ4n) is 3.30. The van der Waals surface area contributed by atoms with E-state index in [1.165, 1.54) is 4.90 Å². The Kier molecular flexibility index (Phi) is 7.14. The van der Waals surface area contributed by atoms with Crippen molar-refractivity contribution in [3.63, 3.8) is 0 Å². The molecule has 9 heteroatoms. The standard InChI is InChI=1S/C22H25ClN4O4/c1-3-26(2)21(30)14-4-8-16(9-5-14)24-20(29)19-12-18(28)13-27(19)22(31)25-17-10-6-15(23)7-11-17/h4-11,18-19,28H,3,12-13H2,1-2H3,(H,24,29)(H,25,31)/t18-,19-/m1/s1. The van der Waals surface area contributed by atoms with Gasteiger partial charge >= 0.3 is 6.03 Å². The first-order valence-electron chi connectivity index (χ1n) is 9.96. The van der Waals surface area contributed by atoms with Crippen LogP contribution in [0.25, 0.3) is 0 Å². The van der Waals surface area contributed by atoms with E-state index in [-0.39, 0.29) is 18.9 Å². The molecule has 3 N–H and O–H groups in total. The van der Waals surface area contributed by atoms with E-state index >= 15 is 0 Å². The van der Waals surface area contributed by atoms with Crippen molar-refractivity contribution in [1.29, 1.82) is 0 Å². The van der Waals surface area contributed by atoms with E-state index in [9.17, 15) is 19.5 Å². The summed E-state index contributed by atoms with van der Waals surface area (Å²) in [7, 11) is 1.72. The monoisotopic (exact) mass is 444 g/mol. The van der Waals surface area contributed by atoms with E-state index in [1.807, 2.05) is 6.92 Å². The first kappa shape index (κ1) is 22.6. The molecule has 0 radical (unpaired) electrons. The molecule has 1 saturated heterocycles. The Hall–Kier alpha value is -3.10. The molecule has 8 nitrogen and oxygen atoms in total. The number of aliphatic hydroxyl groups is 1. The number of hydrogen-bond donors (Lipinski definition) is 3. The summed E-state index contributed by atoms with van der Waals surface area (Å²) in [5.41, 5.74) is 1.55. The van der Waals surface area contributed by atoms with Crippen molar-refractivity contribution in [3.8, 4) is 0 Å². The molecule has 0 spiro atoms. The van der Waals surface area contributed by atoms with Crippen LogP contribution in [-0.4, -0.2) is 65.0 Å². The van der Waals surface area contributed by atoms with Crippen LogP contribution in [-0.2, 0) is 4.79 Å². The van der Waals surface area contributed by atoms with Crippen LogP contribution in [0, 0.1) is 0 Å². The number of hydrogen-bond acceptors (Lipinski definition) is 4. The van der Waals surface area contributed by atoms with Crippen LogP contribution in [0.2, 0.25) is 5.02 Å². The second-order valence-corrected chi connectivity index (χ2v) is 7.82. The average Bonchev–Trinajstić information content (AvgIpc) is 3.17. The quantitative estimate of drug-likeness (QED) is 0.659. The summed E-state index contributed by atoms with van der Waals surface area (Å²) < 4.78 is 0. The highest BCUT2D eigenvalue weighted by molar-refractivity contribution is 6.30. The molecule has 2 atom stereocenters. The molecule has 31 heavy (non-hydrogen) atoms. The van der Waals surface area contributed by atoms with Crippen molar-refractivity contribution in [2.24, 2.45) is 0 Å². The molecule has 0 bridgehead atoms. The number of carbonyl (C=O) groups is 3. The third kappa shape index (κ3) is 5.53. The van der Waals surface area contributed by atoms with Gasteiger partial charge in [0.1, 0.15) is 6.04 Å². The highest BCUT2D eigenvalue weighted by Gasteiger charge is 2.39. The van der Waals surface area contributed by atoms with Gasteiger partial charge < -0.3 is 25.5 Å². The zero-order chi connectivity index (χ0) is 22.5. The molecular formula is C22H25ClN4O4. The molecule has 164 valence electrons. The predicted octanol–water partition coefficient (Wildman–Crippen LogP) is 3.04. The van der Waals surface area contributed by atoms with Crippen LogP contribution in [0.4, 0.5) is 16.2 Å². The fourth-order valence-corrected chi connectivity index (χ4v) is 3.43. The maximum Gasteiger partial charge on any atom is 0.322 e. The number of anilines is 2. The molecule has 1 aliphatic rings. The Bertz CT molecular complexity index is 949. The van der Waals surface area contributed by atoms with Gasteiger partial charge in [-0.05, 0) is 55.5 Å². The fraction of sp³-hybridized carbons (Fsp3) is 0.318. The lowest BCUT2D eigenvalue weighted by molar-refractivity contribution is -0.119. The molecule has 1 fully saturated rings. The third-order valence-corrected chi connectivity index (χ3v) is 5.41. The van der Waals surface area contributed by atoms with Gasteiger partial charge in [0.2, 0.25) is 5.91 Å². The normalized spacial score (nSPS) is 17.9. The number of halogens is 1. The van der Waals surface area contributed by atoms with Gasteiger partial charge in [0.25, 0.3) is 5.91 Å². The third-order valence-electron chi connectivity index (χ3n) is 5.16. The van der Waals surface area contributed by atoms with Crippen molar-refractivity contribution in [2.45, 2.75) is 25.5 Å². The van der Waals surface area contributed by atoms with Crippen LogP contribution >= 0.6 is 11.6 Å². The summed E-state index contributed by atoms with van der Waals surface area (Å²) in [4.78, 5) is 40.6. The molecule has 3 rings (SSSR count). The molecular weight excluding hydrogens is 420 g/mol. The minimum absolute atomic E-state index is 0.0499. The highest BCUT2D eigenvalue weighted by atomic mass is 35.5. The zero-order valence-electron chi connectivity index (χ0n) is 17.3. The molecule has 2 aromatic rings. The maximum atomic E-state index is 12.8. The number of β-amino-alcohol motifs (C(OH)–C–C–N with tert-alkyl or cyclic N) is 1. The number of nitrogens with zero attached hydrogens (tertiary/aromatic N) is 2. The summed E-state index contributed by atoms with van der Waals surface area (Å²) in [6.45, 7) is 2.53. The van der Waals surface area contributed by atoms with Crippen molar-refractivity contribution < 1.29 is 19.5 Å². The molecule has 2 aromatic carbocycles. The predicted molar refractivity (Wildman–Crippen MR) is 119 cm³/mol. The summed E-state index contributed by atoms with van der Waals surface area (Å²) in [5.74, 6) is -0.517. The number of nitrogens with one attached hydrogen (secondary N) is 2. The van der Waals surface area contributed by atoms with Crippen molar-refractivity contribution in [2.75, 3.05) is 30.8 Å². The van der Waals surface area contributed by atoms with Crippen LogP contribution in [0.3, 0.4) is 0 Å². The van der Waals surface area contributed by atoms with E-state index in [2.05, 4.69) is 10.6 Å². The maximum absolute atomic E-state index is 12.8. The number of urea groups is 1. The van der Waals surface area contributed by atoms with Crippen molar-refractivity contribution in [3.05, 3.63) is 59.1 Å². The molecule has 0 aliphatic carbocycles. The number of aliphatic hydroxyl groups excluding tert-OH is 1. The summed E-state index contributed by atoms with van der Waals surface area (Å²) in [5, 5.41) is 16.1. The van der Waals surface area contributed by atoms with Gasteiger partial charge in [-0.2, -0.15) is 0 Å². The summed E-state index contributed by atoms with van der Waals surface area (Å²) in [6.07, 6.45) is -0.658. The largest absolute Gasteiger partial charge is 0.391 e. The lowest BCUT2D eigenvalue weighted by Crippen LogP contribution is -2.45. The van der Waals surface area contributed by atoms with Gasteiger partial charge in [0.15, 0.2) is 0 Å². The van der Waals surface area contributed by atoms with Crippen molar-refractivity contribution >= 4 is 40.8 Å². The molecule has 1 heterocycles. The van der Waals surface area contributed by atoms with Gasteiger partial charge in [-0.25, -0.2) is 4.79 Å². The number of likely N-dealkylation sites (tertiary alicyclic amines) is 1. The minimum Gasteiger partial charge on any atom is -0.391 e.